The van der Waals surface area contributed by atoms with E-state index in [1.807, 2.05) is 7.05 Å². The fourth-order valence-electron chi connectivity index (χ4n) is 2.89. The number of nitrogens with zero attached hydrogens (tertiary/aromatic N) is 1. The summed E-state index contributed by atoms with van der Waals surface area (Å²) in [7, 11) is 1.85. The summed E-state index contributed by atoms with van der Waals surface area (Å²) in [6, 6.07) is 3.35. The first-order chi connectivity index (χ1) is 9.11. The third kappa shape index (κ3) is 3.25. The first-order valence-electron chi connectivity index (χ1n) is 7.07. The van der Waals surface area contributed by atoms with Gasteiger partial charge in [0.25, 0.3) is 5.91 Å². The number of pyridine rings is 1. The Bertz CT molecular complexity index is 487. The molecule has 1 amide bonds. The van der Waals surface area contributed by atoms with Gasteiger partial charge in [0, 0.05) is 30.9 Å². The number of hydrogen-bond donors (Lipinski definition) is 1. The van der Waals surface area contributed by atoms with Crippen LogP contribution < -0.4 is 5.56 Å². The van der Waals surface area contributed by atoms with Crippen molar-refractivity contribution in [1.29, 1.82) is 0 Å². The molecule has 1 saturated carbocycles. The SMILES string of the molecule is CCC1CCC(N(C)C(=O)c2cc[nH]c(=O)c2)CC1. The number of aromatic amines is 1. The van der Waals surface area contributed by atoms with Gasteiger partial charge in [0.15, 0.2) is 0 Å². The van der Waals surface area contributed by atoms with Crippen molar-refractivity contribution in [3.8, 4) is 0 Å². The van der Waals surface area contributed by atoms with Crippen molar-refractivity contribution in [1.82, 2.24) is 9.88 Å². The van der Waals surface area contributed by atoms with E-state index >= 15 is 0 Å². The minimum atomic E-state index is -0.228. The molecule has 104 valence electrons. The molecule has 19 heavy (non-hydrogen) atoms. The van der Waals surface area contributed by atoms with Gasteiger partial charge in [-0.15, -0.1) is 0 Å². The second-order valence-electron chi connectivity index (χ2n) is 5.44. The van der Waals surface area contributed by atoms with Crippen LogP contribution in [0.15, 0.2) is 23.1 Å². The molecule has 0 radical (unpaired) electrons. The molecule has 1 aliphatic carbocycles. The number of carbonyl (C=O) groups is 1. The smallest absolute Gasteiger partial charge is 0.254 e. The van der Waals surface area contributed by atoms with Gasteiger partial charge in [0.1, 0.15) is 0 Å². The molecule has 0 spiro atoms. The lowest BCUT2D eigenvalue weighted by Gasteiger charge is -2.34. The van der Waals surface area contributed by atoms with Gasteiger partial charge in [0.05, 0.1) is 0 Å². The number of aromatic nitrogens is 1. The number of carbonyl (C=O) groups excluding carboxylic acids is 1. The fraction of sp³-hybridized carbons (Fsp3) is 0.600. The maximum Gasteiger partial charge on any atom is 0.254 e. The van der Waals surface area contributed by atoms with Crippen molar-refractivity contribution in [3.63, 3.8) is 0 Å². The van der Waals surface area contributed by atoms with Crippen LogP contribution >= 0.6 is 0 Å². The summed E-state index contributed by atoms with van der Waals surface area (Å²) in [6.07, 6.45) is 7.31. The second-order valence-corrected chi connectivity index (χ2v) is 5.44. The maximum atomic E-state index is 12.3. The first-order valence-corrected chi connectivity index (χ1v) is 7.07. The van der Waals surface area contributed by atoms with Crippen LogP contribution in [-0.4, -0.2) is 28.9 Å². The number of hydrogen-bond acceptors (Lipinski definition) is 2. The van der Waals surface area contributed by atoms with E-state index in [0.717, 1.165) is 18.8 Å². The average Bonchev–Trinajstić information content (AvgIpc) is 2.46. The summed E-state index contributed by atoms with van der Waals surface area (Å²) in [5.41, 5.74) is 0.248. The molecule has 2 rings (SSSR count). The lowest BCUT2D eigenvalue weighted by atomic mass is 9.84. The Morgan fingerprint density at radius 2 is 2.05 bits per heavy atom. The molecule has 0 aromatic carbocycles. The van der Waals surface area contributed by atoms with Crippen LogP contribution in [0.25, 0.3) is 0 Å². The summed E-state index contributed by atoms with van der Waals surface area (Å²) in [6.45, 7) is 2.23. The normalized spacial score (nSPS) is 23.1. The predicted molar refractivity (Wildman–Crippen MR) is 75.2 cm³/mol. The molecule has 0 unspecified atom stereocenters. The molecular weight excluding hydrogens is 240 g/mol. The van der Waals surface area contributed by atoms with Crippen molar-refractivity contribution < 1.29 is 4.79 Å². The molecule has 0 aliphatic heterocycles. The van der Waals surface area contributed by atoms with Gasteiger partial charge in [0.2, 0.25) is 5.56 Å². The molecule has 4 nitrogen and oxygen atoms in total. The Morgan fingerprint density at radius 1 is 1.37 bits per heavy atom. The highest BCUT2D eigenvalue weighted by Crippen LogP contribution is 2.29. The van der Waals surface area contributed by atoms with Gasteiger partial charge >= 0.3 is 0 Å². The van der Waals surface area contributed by atoms with Crippen LogP contribution in [0.3, 0.4) is 0 Å². The van der Waals surface area contributed by atoms with Crippen molar-refractivity contribution in [2.24, 2.45) is 5.92 Å². The minimum Gasteiger partial charge on any atom is -0.339 e. The van der Waals surface area contributed by atoms with Crippen LogP contribution in [0.5, 0.6) is 0 Å². The van der Waals surface area contributed by atoms with Gasteiger partial charge in [-0.3, -0.25) is 9.59 Å². The highest BCUT2D eigenvalue weighted by Gasteiger charge is 2.26. The number of nitrogens with one attached hydrogen (secondary N) is 1. The summed E-state index contributed by atoms with van der Waals surface area (Å²) in [5.74, 6) is 0.769. The maximum absolute atomic E-state index is 12.3. The first kappa shape index (κ1) is 13.8. The van der Waals surface area contributed by atoms with E-state index in [1.54, 1.807) is 11.0 Å². The molecular formula is C15H22N2O2. The molecule has 1 aromatic rings. The Hall–Kier alpha value is -1.58. The van der Waals surface area contributed by atoms with E-state index in [2.05, 4.69) is 11.9 Å². The lowest BCUT2D eigenvalue weighted by molar-refractivity contribution is 0.0674. The molecule has 4 heteroatoms. The van der Waals surface area contributed by atoms with Crippen LogP contribution in [0.2, 0.25) is 0 Å². The van der Waals surface area contributed by atoms with Gasteiger partial charge in [-0.2, -0.15) is 0 Å². The molecule has 1 N–H and O–H groups in total. The largest absolute Gasteiger partial charge is 0.339 e. The molecule has 0 saturated heterocycles. The number of H-pyrrole nitrogens is 1. The van der Waals surface area contributed by atoms with Gasteiger partial charge < -0.3 is 9.88 Å². The molecule has 0 bridgehead atoms. The molecule has 1 aliphatic rings. The van der Waals surface area contributed by atoms with Gasteiger partial charge in [-0.25, -0.2) is 0 Å². The quantitative estimate of drug-likeness (QED) is 0.909. The predicted octanol–water partition coefficient (Wildman–Crippen LogP) is 2.42. The van der Waals surface area contributed by atoms with Crippen molar-refractivity contribution in [3.05, 3.63) is 34.2 Å². The van der Waals surface area contributed by atoms with Crippen molar-refractivity contribution >= 4 is 5.91 Å². The zero-order chi connectivity index (χ0) is 13.8. The standard InChI is InChI=1S/C15H22N2O2/c1-3-11-4-6-13(7-5-11)17(2)15(19)12-8-9-16-14(18)10-12/h8-11,13H,3-7H2,1-2H3,(H,16,18). The number of rotatable bonds is 3. The monoisotopic (exact) mass is 262 g/mol. The molecule has 1 heterocycles. The summed E-state index contributed by atoms with van der Waals surface area (Å²) < 4.78 is 0. The summed E-state index contributed by atoms with van der Waals surface area (Å²) in [4.78, 5) is 27.9. The van der Waals surface area contributed by atoms with E-state index in [4.69, 9.17) is 0 Å². The van der Waals surface area contributed by atoms with Gasteiger partial charge in [-0.05, 0) is 37.7 Å². The third-order valence-corrected chi connectivity index (χ3v) is 4.28. The topological polar surface area (TPSA) is 53.2 Å². The Balaban J connectivity index is 2.02. The minimum absolute atomic E-state index is 0.0500. The molecule has 1 fully saturated rings. The van der Waals surface area contributed by atoms with E-state index in [0.29, 0.717) is 11.6 Å². The van der Waals surface area contributed by atoms with E-state index in [-0.39, 0.29) is 11.5 Å². The fourth-order valence-corrected chi connectivity index (χ4v) is 2.89. The van der Waals surface area contributed by atoms with Crippen LogP contribution in [0.4, 0.5) is 0 Å². The summed E-state index contributed by atoms with van der Waals surface area (Å²) >= 11 is 0. The zero-order valence-corrected chi connectivity index (χ0v) is 11.7. The zero-order valence-electron chi connectivity index (χ0n) is 11.7. The third-order valence-electron chi connectivity index (χ3n) is 4.28. The van der Waals surface area contributed by atoms with Crippen LogP contribution in [0, 0.1) is 5.92 Å². The van der Waals surface area contributed by atoms with E-state index in [9.17, 15) is 9.59 Å². The Labute approximate surface area is 113 Å². The van der Waals surface area contributed by atoms with Crippen LogP contribution in [0.1, 0.15) is 49.4 Å². The van der Waals surface area contributed by atoms with Crippen molar-refractivity contribution in [2.75, 3.05) is 7.05 Å². The Morgan fingerprint density at radius 3 is 2.63 bits per heavy atom. The molecule has 0 atom stereocenters. The van der Waals surface area contributed by atoms with Crippen molar-refractivity contribution in [2.45, 2.75) is 45.1 Å². The Kier molecular flexibility index (Phi) is 4.40. The highest BCUT2D eigenvalue weighted by molar-refractivity contribution is 5.94. The highest BCUT2D eigenvalue weighted by atomic mass is 16.2. The van der Waals surface area contributed by atoms with E-state index < -0.39 is 0 Å². The van der Waals surface area contributed by atoms with Gasteiger partial charge in [-0.1, -0.05) is 13.3 Å². The number of amides is 1. The van der Waals surface area contributed by atoms with E-state index in [1.165, 1.54) is 31.5 Å². The lowest BCUT2D eigenvalue weighted by Crippen LogP contribution is -2.39. The average molecular weight is 262 g/mol. The molecule has 1 aromatic heterocycles. The summed E-state index contributed by atoms with van der Waals surface area (Å²) in [5, 5.41) is 0. The van der Waals surface area contributed by atoms with Crippen LogP contribution in [-0.2, 0) is 0 Å². The second kappa shape index (κ2) is 6.04.